The van der Waals surface area contributed by atoms with Crippen LogP contribution in [0.4, 0.5) is 0 Å². The van der Waals surface area contributed by atoms with Gasteiger partial charge in [-0.05, 0) is 30.7 Å². The SMILES string of the molecule is Cc1ccc2c(c1)c(=O)c(Cc1cccc(Cl)c1Cl)cn2CC(=O)O. The minimum Gasteiger partial charge on any atom is -0.480 e. The average Bonchev–Trinajstić information content (AvgIpc) is 2.55. The Hall–Kier alpha value is -2.30. The molecule has 0 aliphatic rings. The molecule has 0 amide bonds. The number of halogens is 2. The van der Waals surface area contributed by atoms with Crippen LogP contribution in [0.15, 0.2) is 47.4 Å². The van der Waals surface area contributed by atoms with E-state index in [2.05, 4.69) is 0 Å². The summed E-state index contributed by atoms with van der Waals surface area (Å²) < 4.78 is 1.58. The molecule has 0 spiro atoms. The molecule has 128 valence electrons. The van der Waals surface area contributed by atoms with Crippen LogP contribution in [-0.4, -0.2) is 15.6 Å². The maximum Gasteiger partial charge on any atom is 0.323 e. The van der Waals surface area contributed by atoms with E-state index in [1.165, 1.54) is 0 Å². The van der Waals surface area contributed by atoms with E-state index in [0.29, 0.717) is 26.5 Å². The first-order chi connectivity index (χ1) is 11.9. The predicted octanol–water partition coefficient (Wildman–Crippen LogP) is 4.29. The molecule has 0 saturated heterocycles. The summed E-state index contributed by atoms with van der Waals surface area (Å²) in [5.74, 6) is -0.975. The molecule has 6 heteroatoms. The van der Waals surface area contributed by atoms with Crippen LogP contribution >= 0.6 is 23.2 Å². The number of carboxylic acid groups (broad SMARTS) is 1. The Labute approximate surface area is 154 Å². The summed E-state index contributed by atoms with van der Waals surface area (Å²) in [4.78, 5) is 24.1. The highest BCUT2D eigenvalue weighted by Gasteiger charge is 2.13. The normalized spacial score (nSPS) is 11.0. The van der Waals surface area contributed by atoms with Crippen LogP contribution in [0.1, 0.15) is 16.7 Å². The highest BCUT2D eigenvalue weighted by atomic mass is 35.5. The molecule has 0 radical (unpaired) electrons. The van der Waals surface area contributed by atoms with Gasteiger partial charge in [-0.15, -0.1) is 0 Å². The molecule has 0 bridgehead atoms. The molecule has 0 aliphatic carbocycles. The summed E-state index contributed by atoms with van der Waals surface area (Å²) in [7, 11) is 0. The van der Waals surface area contributed by atoms with Gasteiger partial charge >= 0.3 is 5.97 Å². The summed E-state index contributed by atoms with van der Waals surface area (Å²) in [5.41, 5.74) is 2.60. The molecule has 0 saturated carbocycles. The lowest BCUT2D eigenvalue weighted by Gasteiger charge is -2.13. The number of carboxylic acids is 1. The number of fused-ring (bicyclic) bond motifs is 1. The molecule has 1 heterocycles. The second-order valence-corrected chi connectivity index (χ2v) is 6.70. The first-order valence-electron chi connectivity index (χ1n) is 7.64. The lowest BCUT2D eigenvalue weighted by Crippen LogP contribution is -2.18. The van der Waals surface area contributed by atoms with E-state index < -0.39 is 5.97 Å². The number of aryl methyl sites for hydroxylation is 1. The van der Waals surface area contributed by atoms with Crippen molar-refractivity contribution in [1.82, 2.24) is 4.57 Å². The first-order valence-corrected chi connectivity index (χ1v) is 8.40. The molecule has 25 heavy (non-hydrogen) atoms. The summed E-state index contributed by atoms with van der Waals surface area (Å²) in [5, 5.41) is 10.5. The molecule has 0 atom stereocenters. The van der Waals surface area contributed by atoms with E-state index in [4.69, 9.17) is 23.2 Å². The van der Waals surface area contributed by atoms with Crippen LogP contribution in [0.5, 0.6) is 0 Å². The van der Waals surface area contributed by atoms with E-state index in [-0.39, 0.29) is 18.4 Å². The maximum atomic E-state index is 12.9. The Bertz CT molecular complexity index is 1040. The van der Waals surface area contributed by atoms with E-state index in [1.807, 2.05) is 13.0 Å². The van der Waals surface area contributed by atoms with Gasteiger partial charge < -0.3 is 9.67 Å². The first kappa shape index (κ1) is 17.5. The van der Waals surface area contributed by atoms with Crippen molar-refractivity contribution in [2.45, 2.75) is 19.9 Å². The number of nitrogens with zero attached hydrogens (tertiary/aromatic N) is 1. The standard InChI is InChI=1S/C19H15Cl2NO3/c1-11-5-6-16-14(7-11)19(25)13(9-22(16)10-17(23)24)8-12-3-2-4-15(20)18(12)21/h2-7,9H,8,10H2,1H3,(H,23,24). The number of pyridine rings is 1. The molecule has 3 aromatic rings. The van der Waals surface area contributed by atoms with Gasteiger partial charge in [0.2, 0.25) is 0 Å². The van der Waals surface area contributed by atoms with Gasteiger partial charge in [0.15, 0.2) is 5.43 Å². The molecule has 1 aromatic heterocycles. The Morgan fingerprint density at radius 1 is 1.16 bits per heavy atom. The van der Waals surface area contributed by atoms with Crippen molar-refractivity contribution in [2.75, 3.05) is 0 Å². The lowest BCUT2D eigenvalue weighted by molar-refractivity contribution is -0.137. The molecule has 4 nitrogen and oxygen atoms in total. The van der Waals surface area contributed by atoms with Crippen molar-refractivity contribution in [3.8, 4) is 0 Å². The van der Waals surface area contributed by atoms with Crippen LogP contribution in [0.3, 0.4) is 0 Å². The van der Waals surface area contributed by atoms with E-state index in [0.717, 1.165) is 11.1 Å². The zero-order valence-electron chi connectivity index (χ0n) is 13.4. The van der Waals surface area contributed by atoms with Crippen LogP contribution in [-0.2, 0) is 17.8 Å². The number of carbonyl (C=O) groups is 1. The molecular formula is C19H15Cl2NO3. The maximum absolute atomic E-state index is 12.9. The minimum atomic E-state index is -0.975. The van der Waals surface area contributed by atoms with Crippen molar-refractivity contribution in [3.63, 3.8) is 0 Å². The fraction of sp³-hybridized carbons (Fsp3) is 0.158. The second-order valence-electron chi connectivity index (χ2n) is 5.92. The summed E-state index contributed by atoms with van der Waals surface area (Å²) in [6.07, 6.45) is 1.87. The molecule has 2 aromatic carbocycles. The summed E-state index contributed by atoms with van der Waals surface area (Å²) in [6.45, 7) is 1.66. The Morgan fingerprint density at radius 2 is 1.92 bits per heavy atom. The van der Waals surface area contributed by atoms with Crippen molar-refractivity contribution in [2.24, 2.45) is 0 Å². The number of hydrogen-bond donors (Lipinski definition) is 1. The number of aliphatic carboxylic acids is 1. The third-order valence-electron chi connectivity index (χ3n) is 4.03. The predicted molar refractivity (Wildman–Crippen MR) is 99.8 cm³/mol. The van der Waals surface area contributed by atoms with E-state index >= 15 is 0 Å². The summed E-state index contributed by atoms with van der Waals surface area (Å²) in [6, 6.07) is 10.7. The number of rotatable bonds is 4. The third kappa shape index (κ3) is 3.55. The molecule has 3 rings (SSSR count). The van der Waals surface area contributed by atoms with Crippen LogP contribution < -0.4 is 5.43 Å². The second kappa shape index (κ2) is 6.90. The minimum absolute atomic E-state index is 0.128. The van der Waals surface area contributed by atoms with E-state index in [1.54, 1.807) is 41.1 Å². The largest absolute Gasteiger partial charge is 0.480 e. The van der Waals surface area contributed by atoms with Gasteiger partial charge in [0.1, 0.15) is 6.54 Å². The van der Waals surface area contributed by atoms with Crippen LogP contribution in [0.2, 0.25) is 10.0 Å². The fourth-order valence-electron chi connectivity index (χ4n) is 2.86. The number of hydrogen-bond acceptors (Lipinski definition) is 2. The highest BCUT2D eigenvalue weighted by molar-refractivity contribution is 6.42. The van der Waals surface area contributed by atoms with Gasteiger partial charge in [0.05, 0.1) is 15.6 Å². The van der Waals surface area contributed by atoms with Gasteiger partial charge in [-0.1, -0.05) is 47.0 Å². The number of benzene rings is 2. The molecule has 0 unspecified atom stereocenters. The van der Waals surface area contributed by atoms with Gasteiger partial charge in [-0.3, -0.25) is 9.59 Å². The fourth-order valence-corrected chi connectivity index (χ4v) is 3.25. The van der Waals surface area contributed by atoms with Crippen molar-refractivity contribution >= 4 is 40.1 Å². The van der Waals surface area contributed by atoms with Crippen LogP contribution in [0, 0.1) is 6.92 Å². The smallest absolute Gasteiger partial charge is 0.323 e. The Morgan fingerprint density at radius 3 is 2.64 bits per heavy atom. The van der Waals surface area contributed by atoms with Gasteiger partial charge in [-0.25, -0.2) is 0 Å². The van der Waals surface area contributed by atoms with Gasteiger partial charge in [-0.2, -0.15) is 0 Å². The monoisotopic (exact) mass is 375 g/mol. The van der Waals surface area contributed by atoms with Crippen molar-refractivity contribution < 1.29 is 9.90 Å². The zero-order valence-corrected chi connectivity index (χ0v) is 14.9. The molecule has 0 aliphatic heterocycles. The Balaban J connectivity index is 2.20. The topological polar surface area (TPSA) is 59.3 Å². The lowest BCUT2D eigenvalue weighted by atomic mass is 10.0. The Kier molecular flexibility index (Phi) is 4.84. The van der Waals surface area contributed by atoms with Crippen molar-refractivity contribution in [3.05, 3.63) is 79.6 Å². The number of aromatic nitrogens is 1. The average molecular weight is 376 g/mol. The van der Waals surface area contributed by atoms with Crippen LogP contribution in [0.25, 0.3) is 10.9 Å². The summed E-state index contributed by atoms with van der Waals surface area (Å²) >= 11 is 12.3. The third-order valence-corrected chi connectivity index (χ3v) is 4.89. The molecule has 0 fully saturated rings. The van der Waals surface area contributed by atoms with Crippen molar-refractivity contribution in [1.29, 1.82) is 0 Å². The van der Waals surface area contributed by atoms with E-state index in [9.17, 15) is 14.7 Å². The van der Waals surface area contributed by atoms with Gasteiger partial charge in [0.25, 0.3) is 0 Å². The quantitative estimate of drug-likeness (QED) is 0.739. The molecular weight excluding hydrogens is 361 g/mol. The molecule has 1 N–H and O–H groups in total. The van der Waals surface area contributed by atoms with Gasteiger partial charge in [0, 0.05) is 23.6 Å². The highest BCUT2D eigenvalue weighted by Crippen LogP contribution is 2.27. The zero-order chi connectivity index (χ0) is 18.1.